The van der Waals surface area contributed by atoms with Crippen LogP contribution in [0.4, 0.5) is 5.13 Å². The van der Waals surface area contributed by atoms with Gasteiger partial charge in [-0.3, -0.25) is 14.5 Å². The monoisotopic (exact) mass is 540 g/mol. The number of ketones is 1. The molecular weight excluding hydrogens is 508 g/mol. The van der Waals surface area contributed by atoms with Gasteiger partial charge in [-0.05, 0) is 78.8 Å². The predicted molar refractivity (Wildman–Crippen MR) is 157 cm³/mol. The number of carbonyl (C=O) groups is 2. The normalized spacial score (nSPS) is 17.3. The molecule has 1 aliphatic rings. The van der Waals surface area contributed by atoms with Gasteiger partial charge >= 0.3 is 5.91 Å². The molecule has 200 valence electrons. The molecule has 0 bridgehead atoms. The number of hydrogen-bond donors (Lipinski definition) is 1. The van der Waals surface area contributed by atoms with Gasteiger partial charge in [-0.25, -0.2) is 4.98 Å². The van der Waals surface area contributed by atoms with Crippen LogP contribution in [0.5, 0.6) is 5.75 Å². The summed E-state index contributed by atoms with van der Waals surface area (Å²) < 4.78 is 6.46. The van der Waals surface area contributed by atoms with E-state index in [0.29, 0.717) is 23.1 Å². The van der Waals surface area contributed by atoms with E-state index in [4.69, 9.17) is 9.72 Å². The van der Waals surface area contributed by atoms with Crippen molar-refractivity contribution in [1.29, 1.82) is 0 Å². The minimum atomic E-state index is -0.826. The number of Topliss-reactive ketones (excluding diaryl/α,β-unsaturated/α-hetero) is 1. The maximum atomic E-state index is 13.6. The lowest BCUT2D eigenvalue weighted by atomic mass is 9.85. The van der Waals surface area contributed by atoms with Crippen LogP contribution >= 0.6 is 11.3 Å². The summed E-state index contributed by atoms with van der Waals surface area (Å²) in [6, 6.07) is 18.0. The zero-order valence-corrected chi connectivity index (χ0v) is 23.8. The summed E-state index contributed by atoms with van der Waals surface area (Å²) >= 11 is 1.37. The number of ether oxygens (including phenoxy) is 1. The third-order valence-corrected chi connectivity index (χ3v) is 8.00. The Labute approximate surface area is 232 Å². The molecule has 0 aliphatic carbocycles. The second-order valence-electron chi connectivity index (χ2n) is 10.9. The molecule has 1 atom stereocenters. The van der Waals surface area contributed by atoms with Gasteiger partial charge in [0.2, 0.25) is 0 Å². The van der Waals surface area contributed by atoms with Gasteiger partial charge in [-0.1, -0.05) is 62.4 Å². The maximum absolute atomic E-state index is 13.6. The number of hydrogen-bond acceptors (Lipinski definition) is 6. The lowest BCUT2D eigenvalue weighted by molar-refractivity contribution is -0.132. The van der Waals surface area contributed by atoms with Crippen molar-refractivity contribution >= 4 is 44.1 Å². The van der Waals surface area contributed by atoms with Crippen LogP contribution in [0.1, 0.15) is 61.6 Å². The highest BCUT2D eigenvalue weighted by molar-refractivity contribution is 7.22. The van der Waals surface area contributed by atoms with E-state index < -0.39 is 17.7 Å². The summed E-state index contributed by atoms with van der Waals surface area (Å²) in [6.07, 6.45) is 0. The van der Waals surface area contributed by atoms with Gasteiger partial charge in [0.1, 0.15) is 11.5 Å². The summed E-state index contributed by atoms with van der Waals surface area (Å²) in [5.74, 6) is -1.01. The van der Waals surface area contributed by atoms with Crippen LogP contribution < -0.4 is 9.64 Å². The number of fused-ring (bicyclic) bond motifs is 1. The van der Waals surface area contributed by atoms with Crippen molar-refractivity contribution in [2.24, 2.45) is 0 Å². The minimum Gasteiger partial charge on any atom is -0.507 e. The molecule has 1 aromatic heterocycles. The van der Waals surface area contributed by atoms with E-state index in [9.17, 15) is 14.7 Å². The molecule has 1 saturated heterocycles. The van der Waals surface area contributed by atoms with Crippen molar-refractivity contribution in [3.63, 3.8) is 0 Å². The quantitative estimate of drug-likeness (QED) is 0.164. The van der Waals surface area contributed by atoms with Crippen LogP contribution in [0, 0.1) is 13.8 Å². The van der Waals surface area contributed by atoms with Crippen molar-refractivity contribution in [3.8, 4) is 5.75 Å². The van der Waals surface area contributed by atoms with E-state index in [2.05, 4.69) is 26.8 Å². The van der Waals surface area contributed by atoms with Gasteiger partial charge in [0.05, 0.1) is 28.4 Å². The summed E-state index contributed by atoms with van der Waals surface area (Å²) in [6.45, 7) is 12.8. The average molecular weight is 541 g/mol. The van der Waals surface area contributed by atoms with E-state index >= 15 is 0 Å². The first-order valence-electron chi connectivity index (χ1n) is 13.0. The van der Waals surface area contributed by atoms with Gasteiger partial charge in [-0.15, -0.1) is 0 Å². The minimum absolute atomic E-state index is 0.0415. The Morgan fingerprint density at radius 2 is 1.69 bits per heavy atom. The van der Waals surface area contributed by atoms with E-state index in [0.717, 1.165) is 32.5 Å². The number of carbonyl (C=O) groups excluding carboxylic acids is 2. The maximum Gasteiger partial charge on any atom is 0.301 e. The molecule has 2 heterocycles. The summed E-state index contributed by atoms with van der Waals surface area (Å²) in [5.41, 5.74) is 5.17. The third kappa shape index (κ3) is 4.83. The molecule has 7 heteroatoms. The van der Waals surface area contributed by atoms with E-state index in [-0.39, 0.29) is 16.7 Å². The number of aliphatic hydroxyl groups excluding tert-OH is 1. The molecule has 5 rings (SSSR count). The number of thiazole rings is 1. The Kier molecular flexibility index (Phi) is 6.81. The molecule has 39 heavy (non-hydrogen) atoms. The van der Waals surface area contributed by atoms with Gasteiger partial charge in [0.15, 0.2) is 5.13 Å². The van der Waals surface area contributed by atoms with Crippen molar-refractivity contribution in [2.75, 3.05) is 11.5 Å². The highest BCUT2D eigenvalue weighted by atomic mass is 32.1. The Morgan fingerprint density at radius 1 is 1.03 bits per heavy atom. The number of benzene rings is 3. The predicted octanol–water partition coefficient (Wildman–Crippen LogP) is 7.24. The number of aryl methyl sites for hydroxylation is 2. The van der Waals surface area contributed by atoms with Gasteiger partial charge in [0, 0.05) is 5.56 Å². The second-order valence-corrected chi connectivity index (χ2v) is 11.9. The molecular formula is C32H32N2O4S. The van der Waals surface area contributed by atoms with Crippen LogP contribution in [0.3, 0.4) is 0 Å². The zero-order chi connectivity index (χ0) is 28.1. The third-order valence-electron chi connectivity index (χ3n) is 7.00. The number of nitrogens with zero attached hydrogens (tertiary/aromatic N) is 2. The van der Waals surface area contributed by atoms with Crippen LogP contribution in [-0.2, 0) is 15.0 Å². The highest BCUT2D eigenvalue weighted by Crippen LogP contribution is 2.45. The number of rotatable bonds is 5. The van der Waals surface area contributed by atoms with Crippen LogP contribution in [0.15, 0.2) is 66.2 Å². The fourth-order valence-corrected chi connectivity index (χ4v) is 6.17. The van der Waals surface area contributed by atoms with E-state index in [1.807, 2.05) is 51.1 Å². The molecule has 0 saturated carbocycles. The topological polar surface area (TPSA) is 79.7 Å². The van der Waals surface area contributed by atoms with Crippen molar-refractivity contribution in [3.05, 3.63) is 94.1 Å². The van der Waals surface area contributed by atoms with Gasteiger partial charge in [-0.2, -0.15) is 0 Å². The molecule has 1 aliphatic heterocycles. The Balaban J connectivity index is 1.70. The first-order valence-corrected chi connectivity index (χ1v) is 13.8. The number of anilines is 1. The fourth-order valence-electron chi connectivity index (χ4n) is 5.00. The zero-order valence-electron chi connectivity index (χ0n) is 23.0. The van der Waals surface area contributed by atoms with Crippen molar-refractivity contribution < 1.29 is 19.4 Å². The van der Waals surface area contributed by atoms with Crippen molar-refractivity contribution in [1.82, 2.24) is 4.98 Å². The largest absolute Gasteiger partial charge is 0.507 e. The van der Waals surface area contributed by atoms with Crippen LogP contribution in [-0.4, -0.2) is 28.4 Å². The Bertz CT molecular complexity index is 1610. The summed E-state index contributed by atoms with van der Waals surface area (Å²) in [4.78, 5) is 33.4. The van der Waals surface area contributed by atoms with Gasteiger partial charge in [0.25, 0.3) is 5.78 Å². The first-order chi connectivity index (χ1) is 18.5. The first kappa shape index (κ1) is 26.6. The second kappa shape index (κ2) is 9.97. The standard InChI is InChI=1S/C32H32N2O4S/c1-7-38-23-14-10-21(11-15-23)28(35)25-27(20-8-12-22(13-9-20)32(4,5)6)34(30(37)29(25)36)31-33-26-19(3)16-18(2)17-24(26)39-31/h8-17,27,35H,7H2,1-6H3/b28-25+/t27-/m1/s1. The molecule has 1 fully saturated rings. The Morgan fingerprint density at radius 3 is 2.31 bits per heavy atom. The van der Waals surface area contributed by atoms with E-state index in [1.165, 1.54) is 16.2 Å². The summed E-state index contributed by atoms with van der Waals surface area (Å²) in [5, 5.41) is 11.9. The average Bonchev–Trinajstić information content (AvgIpc) is 3.42. The molecule has 0 radical (unpaired) electrons. The molecule has 1 amide bonds. The van der Waals surface area contributed by atoms with Crippen LogP contribution in [0.2, 0.25) is 0 Å². The lowest BCUT2D eigenvalue weighted by Gasteiger charge is -2.24. The molecule has 0 spiro atoms. The summed E-state index contributed by atoms with van der Waals surface area (Å²) in [7, 11) is 0. The van der Waals surface area contributed by atoms with Gasteiger partial charge < -0.3 is 9.84 Å². The molecule has 3 aromatic carbocycles. The fraction of sp³-hybridized carbons (Fsp3) is 0.281. The smallest absolute Gasteiger partial charge is 0.301 e. The SMILES string of the molecule is CCOc1ccc(/C(O)=C2\C(=O)C(=O)N(c3nc4c(C)cc(C)cc4s3)[C@@H]2c2ccc(C(C)(C)C)cc2)cc1. The molecule has 1 N–H and O–H groups in total. The Hall–Kier alpha value is -3.97. The van der Waals surface area contributed by atoms with Crippen molar-refractivity contribution in [2.45, 2.75) is 53.0 Å². The van der Waals surface area contributed by atoms with Crippen LogP contribution in [0.25, 0.3) is 16.0 Å². The lowest BCUT2D eigenvalue weighted by Crippen LogP contribution is -2.29. The molecule has 6 nitrogen and oxygen atoms in total. The molecule has 0 unspecified atom stereocenters. The molecule has 4 aromatic rings. The van der Waals surface area contributed by atoms with E-state index in [1.54, 1.807) is 24.3 Å². The number of amides is 1. The number of aliphatic hydroxyl groups is 1. The highest BCUT2D eigenvalue weighted by Gasteiger charge is 2.48. The number of aromatic nitrogens is 1.